The van der Waals surface area contributed by atoms with E-state index >= 15 is 0 Å². The van der Waals surface area contributed by atoms with E-state index in [1.807, 2.05) is 18.2 Å². The summed E-state index contributed by atoms with van der Waals surface area (Å²) in [5.41, 5.74) is 2.78. The summed E-state index contributed by atoms with van der Waals surface area (Å²) in [6.45, 7) is 3.16. The lowest BCUT2D eigenvalue weighted by atomic mass is 10.1. The first kappa shape index (κ1) is 16.3. The molecule has 0 bridgehead atoms. The Labute approximate surface area is 148 Å². The van der Waals surface area contributed by atoms with Gasteiger partial charge in [0, 0.05) is 31.2 Å². The molecule has 4 rings (SSSR count). The van der Waals surface area contributed by atoms with Crippen LogP contribution in [-0.4, -0.2) is 35.2 Å². The van der Waals surface area contributed by atoms with Crippen LogP contribution in [0, 0.1) is 5.92 Å². The van der Waals surface area contributed by atoms with Gasteiger partial charge in [0.1, 0.15) is 11.5 Å². The molecule has 25 heavy (non-hydrogen) atoms. The van der Waals surface area contributed by atoms with Crippen molar-refractivity contribution in [1.29, 1.82) is 0 Å². The van der Waals surface area contributed by atoms with Crippen LogP contribution < -0.4 is 5.32 Å². The lowest BCUT2D eigenvalue weighted by Crippen LogP contribution is -2.30. The zero-order valence-corrected chi connectivity index (χ0v) is 14.5. The Morgan fingerprint density at radius 1 is 1.24 bits per heavy atom. The van der Waals surface area contributed by atoms with Crippen LogP contribution in [0.25, 0.3) is 11.4 Å². The van der Waals surface area contributed by atoms with Crippen molar-refractivity contribution < 1.29 is 9.53 Å². The van der Waals surface area contributed by atoms with Gasteiger partial charge in [0.05, 0.1) is 12.3 Å². The molecule has 1 fully saturated rings. The average molecular weight is 339 g/mol. The van der Waals surface area contributed by atoms with Gasteiger partial charge in [0.25, 0.3) is 5.91 Å². The molecular formula is C20H25N3O2. The van der Waals surface area contributed by atoms with Crippen LogP contribution in [0.15, 0.2) is 30.3 Å². The molecule has 132 valence electrons. The van der Waals surface area contributed by atoms with Gasteiger partial charge < -0.3 is 14.6 Å². The molecule has 5 nitrogen and oxygen atoms in total. The number of carbonyl (C=O) groups is 1. The Kier molecular flexibility index (Phi) is 4.83. The Balaban J connectivity index is 1.62. The van der Waals surface area contributed by atoms with E-state index in [0.29, 0.717) is 18.2 Å². The van der Waals surface area contributed by atoms with Crippen molar-refractivity contribution in [2.45, 2.75) is 38.6 Å². The van der Waals surface area contributed by atoms with Crippen LogP contribution in [0.3, 0.4) is 0 Å². The van der Waals surface area contributed by atoms with Crippen LogP contribution >= 0.6 is 0 Å². The Morgan fingerprint density at radius 2 is 2.12 bits per heavy atom. The summed E-state index contributed by atoms with van der Waals surface area (Å²) in [5.74, 6) is 1.31. The van der Waals surface area contributed by atoms with Crippen molar-refractivity contribution in [3.05, 3.63) is 41.7 Å². The zero-order chi connectivity index (χ0) is 17.1. The maximum Gasteiger partial charge on any atom is 0.271 e. The number of ether oxygens (including phenoxy) is 1. The quantitative estimate of drug-likeness (QED) is 0.931. The molecule has 1 atom stereocenters. The molecular weight excluding hydrogens is 314 g/mol. The van der Waals surface area contributed by atoms with Gasteiger partial charge in [-0.1, -0.05) is 36.8 Å². The summed E-state index contributed by atoms with van der Waals surface area (Å²) < 4.78 is 7.65. The van der Waals surface area contributed by atoms with Crippen molar-refractivity contribution in [3.63, 3.8) is 0 Å². The third kappa shape index (κ3) is 3.47. The van der Waals surface area contributed by atoms with Gasteiger partial charge in [-0.25, -0.2) is 4.98 Å². The Hall–Kier alpha value is -2.14. The SMILES string of the molecule is O=C(NCC1CCOC1)c1nc(-c2ccccc2)n2c1CCCCC2. The summed E-state index contributed by atoms with van der Waals surface area (Å²) in [4.78, 5) is 17.6. The number of amides is 1. The lowest BCUT2D eigenvalue weighted by Gasteiger charge is -2.10. The maximum absolute atomic E-state index is 12.8. The minimum absolute atomic E-state index is 0.0419. The number of nitrogens with one attached hydrogen (secondary N) is 1. The van der Waals surface area contributed by atoms with Crippen molar-refractivity contribution in [1.82, 2.24) is 14.9 Å². The van der Waals surface area contributed by atoms with Crippen LogP contribution in [0.1, 0.15) is 41.9 Å². The molecule has 5 heteroatoms. The van der Waals surface area contributed by atoms with Gasteiger partial charge in [0.2, 0.25) is 0 Å². The van der Waals surface area contributed by atoms with E-state index in [2.05, 4.69) is 22.0 Å². The first-order chi connectivity index (χ1) is 12.3. The fourth-order valence-electron chi connectivity index (χ4n) is 3.77. The highest BCUT2D eigenvalue weighted by molar-refractivity contribution is 5.94. The highest BCUT2D eigenvalue weighted by atomic mass is 16.5. The first-order valence-corrected chi connectivity index (χ1v) is 9.33. The number of benzene rings is 1. The molecule has 1 unspecified atom stereocenters. The lowest BCUT2D eigenvalue weighted by molar-refractivity contribution is 0.0939. The number of hydrogen-bond acceptors (Lipinski definition) is 3. The largest absolute Gasteiger partial charge is 0.381 e. The number of carbonyl (C=O) groups excluding carboxylic acids is 1. The predicted octanol–water partition coefficient (Wildman–Crippen LogP) is 3.04. The molecule has 0 radical (unpaired) electrons. The molecule has 2 aliphatic rings. The molecule has 1 N–H and O–H groups in total. The summed E-state index contributed by atoms with van der Waals surface area (Å²) >= 11 is 0. The fraction of sp³-hybridized carbons (Fsp3) is 0.500. The monoisotopic (exact) mass is 339 g/mol. The predicted molar refractivity (Wildman–Crippen MR) is 96.5 cm³/mol. The molecule has 1 aromatic heterocycles. The second-order valence-electron chi connectivity index (χ2n) is 7.00. The van der Waals surface area contributed by atoms with Gasteiger partial charge in [-0.15, -0.1) is 0 Å². The van der Waals surface area contributed by atoms with Gasteiger partial charge in [-0.2, -0.15) is 0 Å². The third-order valence-corrected chi connectivity index (χ3v) is 5.19. The minimum Gasteiger partial charge on any atom is -0.381 e. The average Bonchev–Trinajstić information content (AvgIpc) is 3.23. The standard InChI is InChI=1S/C20H25N3O2/c24-20(21-13-15-10-12-25-14-15)18-17-9-5-2-6-11-23(17)19(22-18)16-7-3-1-4-8-16/h1,3-4,7-8,15H,2,5-6,9-14H2,(H,21,24). The second-order valence-corrected chi connectivity index (χ2v) is 7.00. The van der Waals surface area contributed by atoms with Gasteiger partial charge in [-0.05, 0) is 25.7 Å². The van der Waals surface area contributed by atoms with Crippen LogP contribution in [0.2, 0.25) is 0 Å². The topological polar surface area (TPSA) is 56.1 Å². The Bertz CT molecular complexity index is 733. The number of imidazole rings is 1. The van der Waals surface area contributed by atoms with E-state index in [-0.39, 0.29) is 5.91 Å². The van der Waals surface area contributed by atoms with Crippen molar-refractivity contribution in [2.24, 2.45) is 5.92 Å². The molecule has 3 heterocycles. The smallest absolute Gasteiger partial charge is 0.271 e. The summed E-state index contributed by atoms with van der Waals surface area (Å²) in [6.07, 6.45) is 5.42. The molecule has 0 aliphatic carbocycles. The molecule has 1 saturated heterocycles. The molecule has 1 aromatic carbocycles. The molecule has 1 amide bonds. The van der Waals surface area contributed by atoms with Gasteiger partial charge in [0.15, 0.2) is 0 Å². The molecule has 0 spiro atoms. The highest BCUT2D eigenvalue weighted by Gasteiger charge is 2.25. The summed E-state index contributed by atoms with van der Waals surface area (Å²) in [7, 11) is 0. The molecule has 2 aromatic rings. The zero-order valence-electron chi connectivity index (χ0n) is 14.5. The van der Waals surface area contributed by atoms with E-state index in [4.69, 9.17) is 9.72 Å². The van der Waals surface area contributed by atoms with Crippen molar-refractivity contribution >= 4 is 5.91 Å². The number of fused-ring (bicyclic) bond motifs is 1. The number of hydrogen-bond donors (Lipinski definition) is 1. The Morgan fingerprint density at radius 3 is 2.92 bits per heavy atom. The second kappa shape index (κ2) is 7.40. The van der Waals surface area contributed by atoms with E-state index < -0.39 is 0 Å². The summed E-state index contributed by atoms with van der Waals surface area (Å²) in [6, 6.07) is 10.2. The number of nitrogens with zero attached hydrogens (tertiary/aromatic N) is 2. The van der Waals surface area contributed by atoms with E-state index in [1.165, 1.54) is 6.42 Å². The fourth-order valence-corrected chi connectivity index (χ4v) is 3.77. The van der Waals surface area contributed by atoms with Crippen molar-refractivity contribution in [2.75, 3.05) is 19.8 Å². The van der Waals surface area contributed by atoms with Crippen LogP contribution in [-0.2, 0) is 17.7 Å². The van der Waals surface area contributed by atoms with E-state index in [1.54, 1.807) is 0 Å². The first-order valence-electron chi connectivity index (χ1n) is 9.33. The molecule has 2 aliphatic heterocycles. The van der Waals surface area contributed by atoms with E-state index in [0.717, 1.165) is 62.5 Å². The van der Waals surface area contributed by atoms with Crippen LogP contribution in [0.5, 0.6) is 0 Å². The number of rotatable bonds is 4. The van der Waals surface area contributed by atoms with E-state index in [9.17, 15) is 4.79 Å². The third-order valence-electron chi connectivity index (χ3n) is 5.19. The summed E-state index contributed by atoms with van der Waals surface area (Å²) in [5, 5.41) is 3.08. The maximum atomic E-state index is 12.8. The number of aromatic nitrogens is 2. The van der Waals surface area contributed by atoms with Crippen molar-refractivity contribution in [3.8, 4) is 11.4 Å². The molecule has 0 saturated carbocycles. The highest BCUT2D eigenvalue weighted by Crippen LogP contribution is 2.27. The van der Waals surface area contributed by atoms with Gasteiger partial charge >= 0.3 is 0 Å². The minimum atomic E-state index is -0.0419. The van der Waals surface area contributed by atoms with Crippen LogP contribution in [0.4, 0.5) is 0 Å². The van der Waals surface area contributed by atoms with Gasteiger partial charge in [-0.3, -0.25) is 4.79 Å². The normalized spacial score (nSPS) is 20.1.